The zero-order valence-corrected chi connectivity index (χ0v) is 18.4. The molecule has 0 bridgehead atoms. The number of nitrogens with one attached hydrogen (secondary N) is 1. The Bertz CT molecular complexity index is 863. The van der Waals surface area contributed by atoms with Crippen LogP contribution in [0.2, 0.25) is 0 Å². The number of halogens is 3. The molecule has 0 atom stereocenters. The summed E-state index contributed by atoms with van der Waals surface area (Å²) >= 11 is 0. The molecule has 0 aliphatic heterocycles. The number of nitrogens with zero attached hydrogens (tertiary/aromatic N) is 2. The number of hydrogen-bond acceptors (Lipinski definition) is 6. The zero-order valence-electron chi connectivity index (χ0n) is 16.7. The molecule has 0 spiro atoms. The molecule has 1 aromatic carbocycles. The van der Waals surface area contributed by atoms with Crippen molar-refractivity contribution in [3.05, 3.63) is 53.9 Å². The number of carboxylic acid groups (broad SMARTS) is 2. The third-order valence-electron chi connectivity index (χ3n) is 3.60. The number of aromatic nitrogens is 2. The third-order valence-corrected chi connectivity index (χ3v) is 6.01. The first kappa shape index (κ1) is 27.4. The molecule has 0 aliphatic carbocycles. The summed E-state index contributed by atoms with van der Waals surface area (Å²) in [6.07, 6.45) is -2.47. The minimum Gasteiger partial charge on any atom is -0.481 e. The second-order valence-corrected chi connectivity index (χ2v) is 8.72. The largest absolute Gasteiger partial charge is 0.490 e. The summed E-state index contributed by atoms with van der Waals surface area (Å²) in [5.74, 6) is -2.38. The molecule has 13 heteroatoms. The van der Waals surface area contributed by atoms with Gasteiger partial charge in [0.1, 0.15) is 5.69 Å². The van der Waals surface area contributed by atoms with Crippen LogP contribution in [-0.2, 0) is 22.6 Å². The van der Waals surface area contributed by atoms with Crippen LogP contribution in [0.4, 0.5) is 13.2 Å². The number of benzene rings is 1. The fourth-order valence-electron chi connectivity index (χ4n) is 2.13. The van der Waals surface area contributed by atoms with Gasteiger partial charge in [0.05, 0.1) is 6.42 Å². The molecular weight excluding hydrogens is 471 g/mol. The van der Waals surface area contributed by atoms with Gasteiger partial charge in [0, 0.05) is 30.8 Å². The van der Waals surface area contributed by atoms with Crippen molar-refractivity contribution in [2.24, 2.45) is 0 Å². The van der Waals surface area contributed by atoms with Crippen LogP contribution in [0.5, 0.6) is 0 Å². The molecule has 0 radical (unpaired) electrons. The van der Waals surface area contributed by atoms with Crippen LogP contribution in [0.25, 0.3) is 0 Å². The maximum absolute atomic E-state index is 12.3. The second kappa shape index (κ2) is 14.4. The van der Waals surface area contributed by atoms with Crippen LogP contribution in [0.3, 0.4) is 0 Å². The molecule has 32 heavy (non-hydrogen) atoms. The van der Waals surface area contributed by atoms with Gasteiger partial charge in [-0.1, -0.05) is 51.9 Å². The van der Waals surface area contributed by atoms with Crippen molar-refractivity contribution in [1.82, 2.24) is 15.1 Å². The standard InChI is InChI=1S/C17H21N3O3S2.C2HF3O2/c21-16(22)8-12-24-25-13-10-18-17(23)15-6-9-19-20(15)11-7-14-4-2-1-3-5-14;3-2(4,5)1(6)7/h1-6,9H,7-8,10-13H2,(H,18,23)(H,21,22);(H,6,7). The highest BCUT2D eigenvalue weighted by molar-refractivity contribution is 8.76. The van der Waals surface area contributed by atoms with E-state index in [4.69, 9.17) is 15.0 Å². The Balaban J connectivity index is 0.000000633. The van der Waals surface area contributed by atoms with Crippen molar-refractivity contribution in [1.29, 1.82) is 0 Å². The number of hydrogen-bond donors (Lipinski definition) is 3. The lowest BCUT2D eigenvalue weighted by atomic mass is 10.1. The lowest BCUT2D eigenvalue weighted by molar-refractivity contribution is -0.192. The highest BCUT2D eigenvalue weighted by Gasteiger charge is 2.38. The normalized spacial score (nSPS) is 10.7. The topological polar surface area (TPSA) is 122 Å². The number of aliphatic carboxylic acids is 2. The first-order valence-electron chi connectivity index (χ1n) is 9.21. The summed E-state index contributed by atoms with van der Waals surface area (Å²) < 4.78 is 33.5. The van der Waals surface area contributed by atoms with E-state index in [1.54, 1.807) is 27.7 Å². The average Bonchev–Trinajstić information content (AvgIpc) is 3.20. The van der Waals surface area contributed by atoms with Gasteiger partial charge in [0.2, 0.25) is 0 Å². The monoisotopic (exact) mass is 493 g/mol. The molecule has 0 saturated heterocycles. The Kier molecular flexibility index (Phi) is 12.3. The predicted octanol–water partition coefficient (Wildman–Crippen LogP) is 3.35. The Morgan fingerprint density at radius 1 is 1.03 bits per heavy atom. The minimum atomic E-state index is -5.08. The van der Waals surface area contributed by atoms with Gasteiger partial charge in [-0.2, -0.15) is 18.3 Å². The Hall–Kier alpha value is -2.67. The minimum absolute atomic E-state index is 0.137. The number of rotatable bonds is 11. The first-order chi connectivity index (χ1) is 15.1. The zero-order chi connectivity index (χ0) is 24.0. The fraction of sp³-hybridized carbons (Fsp3) is 0.368. The lowest BCUT2D eigenvalue weighted by Crippen LogP contribution is -2.28. The molecule has 8 nitrogen and oxygen atoms in total. The number of carbonyl (C=O) groups excluding carboxylic acids is 1. The molecule has 176 valence electrons. The van der Waals surface area contributed by atoms with Gasteiger partial charge in [-0.15, -0.1) is 0 Å². The summed E-state index contributed by atoms with van der Waals surface area (Å²) in [4.78, 5) is 31.5. The SMILES string of the molecule is O=C(O)C(F)(F)F.O=C(O)CCSSCCNC(=O)c1ccnn1CCc1ccccc1. The van der Waals surface area contributed by atoms with E-state index in [1.807, 2.05) is 18.2 Å². The predicted molar refractivity (Wildman–Crippen MR) is 116 cm³/mol. The van der Waals surface area contributed by atoms with E-state index >= 15 is 0 Å². The Morgan fingerprint density at radius 3 is 2.25 bits per heavy atom. The van der Waals surface area contributed by atoms with E-state index in [9.17, 15) is 22.8 Å². The van der Waals surface area contributed by atoms with Crippen molar-refractivity contribution < 1.29 is 37.8 Å². The van der Waals surface area contributed by atoms with Gasteiger partial charge in [0.25, 0.3) is 5.91 Å². The lowest BCUT2D eigenvalue weighted by Gasteiger charge is -2.08. The van der Waals surface area contributed by atoms with E-state index in [0.717, 1.165) is 12.2 Å². The fourth-order valence-corrected chi connectivity index (χ4v) is 4.01. The van der Waals surface area contributed by atoms with Crippen molar-refractivity contribution in [2.75, 3.05) is 18.1 Å². The summed E-state index contributed by atoms with van der Waals surface area (Å²) in [6.45, 7) is 1.19. The summed E-state index contributed by atoms with van der Waals surface area (Å²) in [7, 11) is 3.07. The number of amides is 1. The quantitative estimate of drug-likeness (QED) is 0.322. The Morgan fingerprint density at radius 2 is 1.66 bits per heavy atom. The van der Waals surface area contributed by atoms with E-state index in [1.165, 1.54) is 16.4 Å². The van der Waals surface area contributed by atoms with Crippen molar-refractivity contribution in [3.8, 4) is 0 Å². The Labute approximate surface area is 190 Å². The molecule has 1 heterocycles. The molecule has 1 aromatic heterocycles. The molecule has 1 amide bonds. The van der Waals surface area contributed by atoms with Crippen LogP contribution in [-0.4, -0.2) is 62.1 Å². The van der Waals surface area contributed by atoms with Gasteiger partial charge in [-0.05, 0) is 18.1 Å². The second-order valence-electron chi connectivity index (χ2n) is 6.02. The van der Waals surface area contributed by atoms with Crippen molar-refractivity contribution in [2.45, 2.75) is 25.6 Å². The summed E-state index contributed by atoms with van der Waals surface area (Å²) in [6, 6.07) is 11.8. The molecule has 2 aromatic rings. The van der Waals surface area contributed by atoms with Gasteiger partial charge in [0.15, 0.2) is 0 Å². The van der Waals surface area contributed by atoms with E-state index in [2.05, 4.69) is 22.5 Å². The van der Waals surface area contributed by atoms with Crippen molar-refractivity contribution in [3.63, 3.8) is 0 Å². The first-order valence-corrected chi connectivity index (χ1v) is 11.7. The van der Waals surface area contributed by atoms with Crippen LogP contribution >= 0.6 is 21.6 Å². The molecule has 0 unspecified atom stereocenters. The average molecular weight is 494 g/mol. The molecule has 0 aliphatic rings. The summed E-state index contributed by atoms with van der Waals surface area (Å²) in [5.41, 5.74) is 1.76. The molecule has 0 saturated carbocycles. The number of alkyl halides is 3. The maximum Gasteiger partial charge on any atom is 0.490 e. The number of aryl methyl sites for hydroxylation is 2. The van der Waals surface area contributed by atoms with Crippen LogP contribution in [0, 0.1) is 0 Å². The molecule has 0 fully saturated rings. The third kappa shape index (κ3) is 11.6. The van der Waals surface area contributed by atoms with Gasteiger partial charge in [-0.3, -0.25) is 14.3 Å². The van der Waals surface area contributed by atoms with Crippen molar-refractivity contribution >= 4 is 39.4 Å². The van der Waals surface area contributed by atoms with Crippen LogP contribution < -0.4 is 5.32 Å². The smallest absolute Gasteiger partial charge is 0.481 e. The van der Waals surface area contributed by atoms with Crippen LogP contribution in [0.15, 0.2) is 42.6 Å². The van der Waals surface area contributed by atoms with Crippen LogP contribution in [0.1, 0.15) is 22.5 Å². The van der Waals surface area contributed by atoms with Gasteiger partial charge >= 0.3 is 18.1 Å². The highest BCUT2D eigenvalue weighted by atomic mass is 33.1. The molecular formula is C19H22F3N3O5S2. The van der Waals surface area contributed by atoms with Gasteiger partial charge in [-0.25, -0.2) is 4.79 Å². The highest BCUT2D eigenvalue weighted by Crippen LogP contribution is 2.21. The van der Waals surface area contributed by atoms with E-state index in [-0.39, 0.29) is 12.3 Å². The maximum atomic E-state index is 12.3. The van der Waals surface area contributed by atoms with E-state index < -0.39 is 18.1 Å². The number of carbonyl (C=O) groups is 3. The molecule has 3 N–H and O–H groups in total. The van der Waals surface area contributed by atoms with E-state index in [0.29, 0.717) is 24.5 Å². The number of carboxylic acids is 2. The molecule has 2 rings (SSSR count). The summed E-state index contributed by atoms with van der Waals surface area (Å²) in [5, 5.41) is 22.8. The van der Waals surface area contributed by atoms with Gasteiger partial charge < -0.3 is 15.5 Å².